The summed E-state index contributed by atoms with van der Waals surface area (Å²) < 4.78 is 11.4. The lowest BCUT2D eigenvalue weighted by Gasteiger charge is -2.08. The quantitative estimate of drug-likeness (QED) is 0.358. The fraction of sp³-hybridized carbons (Fsp3) is 0.565. The van der Waals surface area contributed by atoms with Gasteiger partial charge in [-0.3, -0.25) is 0 Å². The lowest BCUT2D eigenvalue weighted by molar-refractivity contribution is 0.291. The van der Waals surface area contributed by atoms with Crippen molar-refractivity contribution in [3.05, 3.63) is 36.4 Å². The maximum absolute atomic E-state index is 5.83. The summed E-state index contributed by atoms with van der Waals surface area (Å²) in [5.41, 5.74) is 1.88. The maximum atomic E-state index is 5.83. The van der Waals surface area contributed by atoms with E-state index in [0.717, 1.165) is 36.5 Å². The van der Waals surface area contributed by atoms with Crippen LogP contribution in [0.1, 0.15) is 71.6 Å². The highest BCUT2D eigenvalue weighted by molar-refractivity contribution is 5.59. The molecule has 0 aliphatic heterocycles. The topological polar surface area (TPSA) is 44.2 Å². The van der Waals surface area contributed by atoms with Gasteiger partial charge in [0.2, 0.25) is 5.88 Å². The normalized spacial score (nSPS) is 10.7. The van der Waals surface area contributed by atoms with Crippen LogP contribution in [-0.2, 0) is 0 Å². The average molecular weight is 371 g/mol. The molecular formula is C23H34N2O2. The first-order valence-corrected chi connectivity index (χ1v) is 10.5. The van der Waals surface area contributed by atoms with Crippen LogP contribution in [-0.4, -0.2) is 23.4 Å². The molecule has 4 nitrogen and oxygen atoms in total. The Kier molecular flexibility index (Phi) is 10.3. The average Bonchev–Trinajstić information content (AvgIpc) is 2.71. The third-order valence-electron chi connectivity index (χ3n) is 4.55. The fourth-order valence-corrected chi connectivity index (χ4v) is 2.87. The first-order valence-electron chi connectivity index (χ1n) is 10.5. The molecule has 0 unspecified atom stereocenters. The van der Waals surface area contributed by atoms with E-state index < -0.39 is 0 Å². The Morgan fingerprint density at radius 1 is 0.630 bits per heavy atom. The Labute approximate surface area is 164 Å². The first kappa shape index (κ1) is 21.2. The predicted molar refractivity (Wildman–Crippen MR) is 111 cm³/mol. The van der Waals surface area contributed by atoms with Crippen LogP contribution in [0.2, 0.25) is 0 Å². The number of aromatic nitrogens is 2. The highest BCUT2D eigenvalue weighted by Crippen LogP contribution is 2.21. The van der Waals surface area contributed by atoms with Crippen LogP contribution in [0, 0.1) is 0 Å². The molecule has 0 bridgehead atoms. The SMILES string of the molecule is CCCCCCCCOc1ccc(-c2ccc(OCCCCC)nn2)cc1. The van der Waals surface area contributed by atoms with Gasteiger partial charge < -0.3 is 9.47 Å². The number of ether oxygens (including phenoxy) is 2. The van der Waals surface area contributed by atoms with Crippen molar-refractivity contribution in [1.82, 2.24) is 10.2 Å². The first-order chi connectivity index (χ1) is 13.3. The van der Waals surface area contributed by atoms with Crippen LogP contribution in [0.25, 0.3) is 11.3 Å². The molecule has 0 radical (unpaired) electrons. The van der Waals surface area contributed by atoms with E-state index in [-0.39, 0.29) is 0 Å². The Morgan fingerprint density at radius 3 is 1.96 bits per heavy atom. The van der Waals surface area contributed by atoms with Gasteiger partial charge in [0, 0.05) is 11.6 Å². The van der Waals surface area contributed by atoms with Gasteiger partial charge in [0.05, 0.1) is 18.9 Å². The zero-order valence-electron chi connectivity index (χ0n) is 17.0. The second-order valence-electron chi connectivity index (χ2n) is 6.95. The van der Waals surface area contributed by atoms with Crippen molar-refractivity contribution in [2.45, 2.75) is 71.6 Å². The van der Waals surface area contributed by atoms with Crippen LogP contribution in [0.4, 0.5) is 0 Å². The van der Waals surface area contributed by atoms with Crippen LogP contribution in [0.15, 0.2) is 36.4 Å². The third kappa shape index (κ3) is 8.42. The highest BCUT2D eigenvalue weighted by atomic mass is 16.5. The largest absolute Gasteiger partial charge is 0.494 e. The molecule has 0 saturated carbocycles. The van der Waals surface area contributed by atoms with Gasteiger partial charge in [-0.15, -0.1) is 10.2 Å². The summed E-state index contributed by atoms with van der Waals surface area (Å²) in [6.45, 7) is 5.91. The summed E-state index contributed by atoms with van der Waals surface area (Å²) in [5.74, 6) is 1.50. The lowest BCUT2D eigenvalue weighted by atomic mass is 10.1. The lowest BCUT2D eigenvalue weighted by Crippen LogP contribution is -2.00. The minimum absolute atomic E-state index is 0.591. The number of hydrogen-bond donors (Lipinski definition) is 0. The van der Waals surface area contributed by atoms with Gasteiger partial charge in [-0.05, 0) is 43.2 Å². The van der Waals surface area contributed by atoms with E-state index in [4.69, 9.17) is 9.47 Å². The summed E-state index contributed by atoms with van der Waals surface area (Å²) in [7, 11) is 0. The standard InChI is InChI=1S/C23H34N2O2/c1-3-5-7-8-9-11-18-26-21-14-12-20(13-15-21)22-16-17-23(25-24-22)27-19-10-6-4-2/h12-17H,3-11,18-19H2,1-2H3. The molecule has 148 valence electrons. The van der Waals surface area contributed by atoms with E-state index in [2.05, 4.69) is 24.0 Å². The summed E-state index contributed by atoms with van der Waals surface area (Å²) in [6.07, 6.45) is 11.1. The van der Waals surface area contributed by atoms with Gasteiger partial charge in [0.15, 0.2) is 0 Å². The number of hydrogen-bond acceptors (Lipinski definition) is 4. The Morgan fingerprint density at radius 2 is 1.26 bits per heavy atom. The van der Waals surface area contributed by atoms with Gasteiger partial charge in [-0.2, -0.15) is 0 Å². The van der Waals surface area contributed by atoms with Gasteiger partial charge in [0.1, 0.15) is 5.75 Å². The molecule has 0 saturated heterocycles. The van der Waals surface area contributed by atoms with Crippen LogP contribution < -0.4 is 9.47 Å². The Balaban J connectivity index is 1.72. The molecule has 4 heteroatoms. The Bertz CT molecular complexity index is 611. The van der Waals surface area contributed by atoms with Crippen molar-refractivity contribution in [2.24, 2.45) is 0 Å². The molecule has 0 fully saturated rings. The molecule has 0 N–H and O–H groups in total. The van der Waals surface area contributed by atoms with E-state index in [1.54, 1.807) is 0 Å². The number of unbranched alkanes of at least 4 members (excludes halogenated alkanes) is 7. The van der Waals surface area contributed by atoms with Gasteiger partial charge in [0.25, 0.3) is 0 Å². The van der Waals surface area contributed by atoms with Gasteiger partial charge >= 0.3 is 0 Å². The van der Waals surface area contributed by atoms with Crippen molar-refractivity contribution in [3.63, 3.8) is 0 Å². The number of rotatable bonds is 14. The minimum atomic E-state index is 0.591. The molecule has 2 aromatic rings. The second kappa shape index (κ2) is 13.1. The molecule has 0 amide bonds. The number of nitrogens with zero attached hydrogens (tertiary/aromatic N) is 2. The van der Waals surface area contributed by atoms with E-state index in [9.17, 15) is 0 Å². The van der Waals surface area contributed by atoms with Crippen molar-refractivity contribution in [3.8, 4) is 22.9 Å². The minimum Gasteiger partial charge on any atom is -0.494 e. The summed E-state index contributed by atoms with van der Waals surface area (Å²) in [4.78, 5) is 0. The summed E-state index contributed by atoms with van der Waals surface area (Å²) in [6, 6.07) is 11.9. The molecule has 1 aromatic carbocycles. The van der Waals surface area contributed by atoms with Crippen molar-refractivity contribution >= 4 is 0 Å². The Hall–Kier alpha value is -2.10. The zero-order valence-corrected chi connectivity index (χ0v) is 17.0. The molecular weight excluding hydrogens is 336 g/mol. The van der Waals surface area contributed by atoms with Gasteiger partial charge in [-0.1, -0.05) is 58.8 Å². The highest BCUT2D eigenvalue weighted by Gasteiger charge is 2.03. The maximum Gasteiger partial charge on any atom is 0.233 e. The van der Waals surface area contributed by atoms with E-state index >= 15 is 0 Å². The molecule has 1 heterocycles. The van der Waals surface area contributed by atoms with Gasteiger partial charge in [-0.25, -0.2) is 0 Å². The fourth-order valence-electron chi connectivity index (χ4n) is 2.87. The predicted octanol–water partition coefficient (Wildman–Crippen LogP) is 6.45. The van der Waals surface area contributed by atoms with E-state index in [1.807, 2.05) is 36.4 Å². The van der Waals surface area contributed by atoms with Crippen LogP contribution in [0.5, 0.6) is 11.6 Å². The third-order valence-corrected chi connectivity index (χ3v) is 4.55. The van der Waals surface area contributed by atoms with Crippen molar-refractivity contribution in [1.29, 1.82) is 0 Å². The second-order valence-corrected chi connectivity index (χ2v) is 6.95. The number of benzene rings is 1. The molecule has 0 atom stereocenters. The molecule has 0 spiro atoms. The zero-order chi connectivity index (χ0) is 19.2. The monoisotopic (exact) mass is 370 g/mol. The molecule has 0 aliphatic rings. The van der Waals surface area contributed by atoms with E-state index in [1.165, 1.54) is 44.9 Å². The molecule has 2 rings (SSSR count). The molecule has 1 aromatic heterocycles. The van der Waals surface area contributed by atoms with Crippen LogP contribution >= 0.6 is 0 Å². The summed E-state index contributed by atoms with van der Waals surface area (Å²) >= 11 is 0. The van der Waals surface area contributed by atoms with Crippen LogP contribution in [0.3, 0.4) is 0 Å². The van der Waals surface area contributed by atoms with Crippen molar-refractivity contribution < 1.29 is 9.47 Å². The molecule has 27 heavy (non-hydrogen) atoms. The molecule has 0 aliphatic carbocycles. The van der Waals surface area contributed by atoms with Crippen molar-refractivity contribution in [2.75, 3.05) is 13.2 Å². The van der Waals surface area contributed by atoms with E-state index in [0.29, 0.717) is 12.5 Å². The summed E-state index contributed by atoms with van der Waals surface area (Å²) in [5, 5.41) is 8.44. The smallest absolute Gasteiger partial charge is 0.233 e.